The Morgan fingerprint density at radius 3 is 2.32 bits per heavy atom. The van der Waals surface area contributed by atoms with Crippen molar-refractivity contribution in [3.8, 4) is 23.0 Å². The van der Waals surface area contributed by atoms with Crippen LogP contribution in [0.25, 0.3) is 0 Å². The van der Waals surface area contributed by atoms with Crippen molar-refractivity contribution in [2.24, 2.45) is 0 Å². The van der Waals surface area contributed by atoms with E-state index in [1.165, 1.54) is 6.20 Å². The van der Waals surface area contributed by atoms with Crippen molar-refractivity contribution in [2.45, 2.75) is 19.8 Å². The van der Waals surface area contributed by atoms with E-state index < -0.39 is 0 Å². The maximum absolute atomic E-state index is 6.14. The lowest BCUT2D eigenvalue weighted by atomic mass is 10.0. The standard InChI is InChI=1S/C19H22N6O3/c1-11(2)12-7-14(26-3)15(27-4)8-13(12)28-16-9-23-19(20)25-18(16)24-17-10-21-5-6-22-17/h5-11H,1-4H3,(H3,20,22,23,24,25). The zero-order chi connectivity index (χ0) is 20.1. The smallest absolute Gasteiger partial charge is 0.222 e. The zero-order valence-corrected chi connectivity index (χ0v) is 16.1. The first-order valence-corrected chi connectivity index (χ1v) is 8.61. The van der Waals surface area contributed by atoms with Gasteiger partial charge in [-0.2, -0.15) is 4.98 Å². The van der Waals surface area contributed by atoms with Gasteiger partial charge in [-0.1, -0.05) is 13.8 Å². The van der Waals surface area contributed by atoms with E-state index in [-0.39, 0.29) is 11.9 Å². The summed E-state index contributed by atoms with van der Waals surface area (Å²) in [5.74, 6) is 3.33. The van der Waals surface area contributed by atoms with Gasteiger partial charge < -0.3 is 25.3 Å². The van der Waals surface area contributed by atoms with Crippen LogP contribution in [0.4, 0.5) is 17.6 Å². The summed E-state index contributed by atoms with van der Waals surface area (Å²) in [5.41, 5.74) is 6.69. The van der Waals surface area contributed by atoms with Crippen LogP contribution in [0.1, 0.15) is 25.3 Å². The summed E-state index contributed by atoms with van der Waals surface area (Å²) in [6, 6.07) is 3.67. The number of methoxy groups -OCH3 is 2. The van der Waals surface area contributed by atoms with Gasteiger partial charge in [0, 0.05) is 24.0 Å². The molecule has 0 fully saturated rings. The van der Waals surface area contributed by atoms with Gasteiger partial charge in [0.05, 0.1) is 26.6 Å². The van der Waals surface area contributed by atoms with Crippen LogP contribution in [0.3, 0.4) is 0 Å². The minimum Gasteiger partial charge on any atom is -0.493 e. The molecule has 0 amide bonds. The first-order valence-electron chi connectivity index (χ1n) is 8.61. The average Bonchev–Trinajstić information content (AvgIpc) is 2.70. The third-order valence-corrected chi connectivity index (χ3v) is 3.94. The highest BCUT2D eigenvalue weighted by atomic mass is 16.5. The van der Waals surface area contributed by atoms with Gasteiger partial charge in [-0.25, -0.2) is 9.97 Å². The average molecular weight is 382 g/mol. The first-order chi connectivity index (χ1) is 13.5. The van der Waals surface area contributed by atoms with Crippen molar-refractivity contribution in [2.75, 3.05) is 25.3 Å². The molecule has 146 valence electrons. The van der Waals surface area contributed by atoms with E-state index in [9.17, 15) is 0 Å². The van der Waals surface area contributed by atoms with E-state index in [0.29, 0.717) is 34.6 Å². The highest BCUT2D eigenvalue weighted by Crippen LogP contribution is 2.41. The summed E-state index contributed by atoms with van der Waals surface area (Å²) in [5, 5.41) is 3.05. The number of aromatic nitrogens is 4. The summed E-state index contributed by atoms with van der Waals surface area (Å²) in [6.07, 6.45) is 6.22. The molecule has 0 unspecified atom stereocenters. The first kappa shape index (κ1) is 19.2. The van der Waals surface area contributed by atoms with Gasteiger partial charge >= 0.3 is 0 Å². The largest absolute Gasteiger partial charge is 0.493 e. The number of nitrogens with one attached hydrogen (secondary N) is 1. The van der Waals surface area contributed by atoms with E-state index in [0.717, 1.165) is 5.56 Å². The molecule has 0 radical (unpaired) electrons. The molecule has 3 N–H and O–H groups in total. The van der Waals surface area contributed by atoms with Crippen molar-refractivity contribution in [3.63, 3.8) is 0 Å². The summed E-state index contributed by atoms with van der Waals surface area (Å²) in [4.78, 5) is 16.5. The van der Waals surface area contributed by atoms with Gasteiger partial charge in [0.1, 0.15) is 11.6 Å². The number of hydrogen-bond donors (Lipinski definition) is 2. The minimum absolute atomic E-state index is 0.107. The molecule has 9 heteroatoms. The van der Waals surface area contributed by atoms with Crippen molar-refractivity contribution in [1.29, 1.82) is 0 Å². The normalized spacial score (nSPS) is 10.6. The molecule has 2 aromatic heterocycles. The molecule has 0 atom stereocenters. The van der Waals surface area contributed by atoms with Crippen LogP contribution in [0, 0.1) is 0 Å². The molecule has 9 nitrogen and oxygen atoms in total. The zero-order valence-electron chi connectivity index (χ0n) is 16.1. The molecule has 0 saturated carbocycles. The molecular formula is C19H22N6O3. The van der Waals surface area contributed by atoms with E-state index in [1.54, 1.807) is 38.9 Å². The Labute approximate surface area is 162 Å². The van der Waals surface area contributed by atoms with E-state index in [2.05, 4.69) is 39.1 Å². The fraction of sp³-hybridized carbons (Fsp3) is 0.263. The van der Waals surface area contributed by atoms with Crippen LogP contribution in [0.2, 0.25) is 0 Å². The van der Waals surface area contributed by atoms with Gasteiger partial charge in [-0.15, -0.1) is 0 Å². The Morgan fingerprint density at radius 2 is 1.68 bits per heavy atom. The molecule has 3 rings (SSSR count). The molecule has 0 spiro atoms. The second-order valence-corrected chi connectivity index (χ2v) is 6.16. The predicted molar refractivity (Wildman–Crippen MR) is 105 cm³/mol. The molecule has 0 saturated heterocycles. The Kier molecular flexibility index (Phi) is 5.73. The molecule has 2 heterocycles. The van der Waals surface area contributed by atoms with Crippen LogP contribution in [0.5, 0.6) is 23.0 Å². The van der Waals surface area contributed by atoms with E-state index in [1.807, 2.05) is 6.07 Å². The minimum atomic E-state index is 0.107. The number of rotatable bonds is 7. The number of nitrogens with zero attached hydrogens (tertiary/aromatic N) is 4. The molecule has 0 aliphatic rings. The van der Waals surface area contributed by atoms with Crippen molar-refractivity contribution in [3.05, 3.63) is 42.5 Å². The third-order valence-electron chi connectivity index (χ3n) is 3.94. The highest BCUT2D eigenvalue weighted by Gasteiger charge is 2.18. The Morgan fingerprint density at radius 1 is 0.929 bits per heavy atom. The number of anilines is 3. The topological polar surface area (TPSA) is 117 Å². The van der Waals surface area contributed by atoms with Crippen LogP contribution >= 0.6 is 0 Å². The fourth-order valence-electron chi connectivity index (χ4n) is 2.57. The quantitative estimate of drug-likeness (QED) is 0.632. The van der Waals surface area contributed by atoms with Gasteiger partial charge in [0.2, 0.25) is 5.95 Å². The Hall–Kier alpha value is -3.62. The maximum atomic E-state index is 6.14. The van der Waals surface area contributed by atoms with Crippen LogP contribution < -0.4 is 25.3 Å². The Bertz CT molecular complexity index is 950. The van der Waals surface area contributed by atoms with Gasteiger partial charge in [-0.05, 0) is 12.0 Å². The maximum Gasteiger partial charge on any atom is 0.222 e. The monoisotopic (exact) mass is 382 g/mol. The summed E-state index contributed by atoms with van der Waals surface area (Å²) in [6.45, 7) is 4.12. The third kappa shape index (κ3) is 4.20. The summed E-state index contributed by atoms with van der Waals surface area (Å²) in [7, 11) is 3.17. The summed E-state index contributed by atoms with van der Waals surface area (Å²) < 4.78 is 16.9. The number of nitrogen functional groups attached to an aromatic ring is 1. The molecule has 0 aliphatic heterocycles. The lowest BCUT2D eigenvalue weighted by Gasteiger charge is -2.18. The predicted octanol–water partition coefficient (Wildman–Crippen LogP) is 3.53. The molecule has 0 aliphatic carbocycles. The van der Waals surface area contributed by atoms with Crippen molar-refractivity contribution >= 4 is 17.6 Å². The molecule has 3 aromatic rings. The lowest BCUT2D eigenvalue weighted by molar-refractivity contribution is 0.350. The van der Waals surface area contributed by atoms with E-state index >= 15 is 0 Å². The van der Waals surface area contributed by atoms with Gasteiger partial charge in [0.25, 0.3) is 0 Å². The van der Waals surface area contributed by atoms with Gasteiger partial charge in [0.15, 0.2) is 23.1 Å². The van der Waals surface area contributed by atoms with Gasteiger partial charge in [-0.3, -0.25) is 4.98 Å². The van der Waals surface area contributed by atoms with Crippen LogP contribution in [-0.4, -0.2) is 34.2 Å². The molecule has 0 bridgehead atoms. The van der Waals surface area contributed by atoms with Crippen molar-refractivity contribution in [1.82, 2.24) is 19.9 Å². The Balaban J connectivity index is 2.01. The number of nitrogens with two attached hydrogens (primary N) is 1. The number of ether oxygens (including phenoxy) is 3. The number of hydrogen-bond acceptors (Lipinski definition) is 9. The summed E-state index contributed by atoms with van der Waals surface area (Å²) >= 11 is 0. The molecule has 28 heavy (non-hydrogen) atoms. The highest BCUT2D eigenvalue weighted by molar-refractivity contribution is 5.61. The lowest BCUT2D eigenvalue weighted by Crippen LogP contribution is -2.04. The van der Waals surface area contributed by atoms with E-state index in [4.69, 9.17) is 19.9 Å². The number of benzene rings is 1. The second kappa shape index (κ2) is 8.38. The second-order valence-electron chi connectivity index (χ2n) is 6.16. The molecule has 1 aromatic carbocycles. The van der Waals surface area contributed by atoms with Crippen LogP contribution in [0.15, 0.2) is 36.9 Å². The fourth-order valence-corrected chi connectivity index (χ4v) is 2.57. The molecular weight excluding hydrogens is 360 g/mol. The SMILES string of the molecule is COc1cc(Oc2cnc(N)nc2Nc2cnccn2)c(C(C)C)cc1OC. The van der Waals surface area contributed by atoms with Crippen LogP contribution in [-0.2, 0) is 0 Å². The van der Waals surface area contributed by atoms with Crippen molar-refractivity contribution < 1.29 is 14.2 Å².